The molecule has 4 rings (SSSR count). The van der Waals surface area contributed by atoms with Gasteiger partial charge in [-0.05, 0) is 29.5 Å². The van der Waals surface area contributed by atoms with Gasteiger partial charge in [0.1, 0.15) is 11.5 Å². The van der Waals surface area contributed by atoms with Crippen LogP contribution in [0.5, 0.6) is 0 Å². The molecule has 2 unspecified atom stereocenters. The molecule has 12 nitrogen and oxygen atoms in total. The molecule has 1 aromatic carbocycles. The lowest BCUT2D eigenvalue weighted by Gasteiger charge is -2.15. The summed E-state index contributed by atoms with van der Waals surface area (Å²) in [4.78, 5) is 28.0. The SMILES string of the molecule is COP(=O)(O)OC1CN(c2ccc(-c3ccc(-c4nnn(C)n4)nc3)c(F)c2)C(=O)O1. The van der Waals surface area contributed by atoms with E-state index in [1.807, 2.05) is 0 Å². The van der Waals surface area contributed by atoms with Crippen molar-refractivity contribution in [2.24, 2.45) is 7.05 Å². The highest BCUT2D eigenvalue weighted by atomic mass is 31.2. The Hall–Kier alpha value is -3.25. The van der Waals surface area contributed by atoms with Crippen LogP contribution in [-0.2, 0) is 25.4 Å². The molecule has 0 saturated carbocycles. The molecule has 3 aromatic rings. The summed E-state index contributed by atoms with van der Waals surface area (Å²) in [6.07, 6.45) is -0.713. The number of hydrogen-bond donors (Lipinski definition) is 1. The Balaban J connectivity index is 1.52. The van der Waals surface area contributed by atoms with Crippen LogP contribution in [0, 0.1) is 5.82 Å². The number of hydrogen-bond acceptors (Lipinski definition) is 9. The number of benzene rings is 1. The van der Waals surface area contributed by atoms with Gasteiger partial charge in [0.15, 0.2) is 0 Å². The summed E-state index contributed by atoms with van der Waals surface area (Å²) in [6.45, 7) is -0.215. The van der Waals surface area contributed by atoms with Gasteiger partial charge in [-0.1, -0.05) is 6.07 Å². The van der Waals surface area contributed by atoms with Gasteiger partial charge >= 0.3 is 13.9 Å². The fourth-order valence-electron chi connectivity index (χ4n) is 2.87. The number of rotatable bonds is 6. The van der Waals surface area contributed by atoms with E-state index in [4.69, 9.17) is 9.26 Å². The van der Waals surface area contributed by atoms with Crippen LogP contribution < -0.4 is 4.90 Å². The van der Waals surface area contributed by atoms with Crippen molar-refractivity contribution >= 4 is 19.6 Å². The molecule has 1 N–H and O–H groups in total. The standard InChI is InChI=1S/C17H16FN6O6P/c1-23-21-16(20-22-23)14-6-3-10(8-19-14)12-5-4-11(7-13(12)18)24-9-15(29-17(24)25)30-31(26,27)28-2/h3-8,15H,9H2,1-2H3,(H,26,27). The van der Waals surface area contributed by atoms with Crippen LogP contribution in [0.1, 0.15) is 0 Å². The molecule has 1 aliphatic heterocycles. The molecule has 31 heavy (non-hydrogen) atoms. The third kappa shape index (κ3) is 4.44. The number of aromatic nitrogens is 5. The smallest absolute Gasteiger partial charge is 0.417 e. The molecule has 1 aliphatic rings. The molecular weight excluding hydrogens is 434 g/mol. The Morgan fingerprint density at radius 1 is 1.32 bits per heavy atom. The average Bonchev–Trinajstić information content (AvgIpc) is 3.33. The molecule has 3 heterocycles. The minimum atomic E-state index is -4.35. The third-order valence-electron chi connectivity index (χ3n) is 4.34. The lowest BCUT2D eigenvalue weighted by Crippen LogP contribution is -2.25. The Morgan fingerprint density at radius 3 is 2.74 bits per heavy atom. The Labute approximate surface area is 174 Å². The largest absolute Gasteiger partial charge is 0.475 e. The molecule has 0 bridgehead atoms. The van der Waals surface area contributed by atoms with E-state index >= 15 is 0 Å². The van der Waals surface area contributed by atoms with Gasteiger partial charge in [-0.25, -0.2) is 18.3 Å². The second kappa shape index (κ2) is 8.12. The molecule has 1 fully saturated rings. The number of carbonyl (C=O) groups excluding carboxylic acids is 1. The maximum absolute atomic E-state index is 14.8. The Morgan fingerprint density at radius 2 is 2.13 bits per heavy atom. The van der Waals surface area contributed by atoms with Gasteiger partial charge in [0.2, 0.25) is 12.1 Å². The van der Waals surface area contributed by atoms with Crippen LogP contribution in [0.15, 0.2) is 36.5 Å². The fourth-order valence-corrected chi connectivity index (χ4v) is 3.37. The van der Waals surface area contributed by atoms with Crippen molar-refractivity contribution in [3.8, 4) is 22.6 Å². The topological polar surface area (TPSA) is 142 Å². The normalized spacial score (nSPS) is 18.1. The molecular formula is C17H16FN6O6P. The monoisotopic (exact) mass is 450 g/mol. The number of nitrogens with zero attached hydrogens (tertiary/aromatic N) is 6. The zero-order valence-corrected chi connectivity index (χ0v) is 17.1. The van der Waals surface area contributed by atoms with E-state index in [2.05, 4.69) is 24.9 Å². The van der Waals surface area contributed by atoms with E-state index in [9.17, 15) is 18.6 Å². The van der Waals surface area contributed by atoms with Crippen molar-refractivity contribution in [1.29, 1.82) is 0 Å². The van der Waals surface area contributed by atoms with Gasteiger partial charge < -0.3 is 9.63 Å². The first-order valence-electron chi connectivity index (χ1n) is 8.81. The quantitative estimate of drug-likeness (QED) is 0.555. The van der Waals surface area contributed by atoms with Crippen LogP contribution in [0.4, 0.5) is 14.9 Å². The summed E-state index contributed by atoms with van der Waals surface area (Å²) < 4.78 is 40.2. The van der Waals surface area contributed by atoms with Crippen molar-refractivity contribution in [1.82, 2.24) is 25.2 Å². The van der Waals surface area contributed by atoms with Crippen molar-refractivity contribution in [2.45, 2.75) is 6.29 Å². The average molecular weight is 450 g/mol. The lowest BCUT2D eigenvalue weighted by atomic mass is 10.1. The minimum Gasteiger partial charge on any atom is -0.417 e. The number of carbonyl (C=O) groups is 1. The number of amides is 1. The predicted octanol–water partition coefficient (Wildman–Crippen LogP) is 2.12. The number of cyclic esters (lactones) is 1. The van der Waals surface area contributed by atoms with Crippen LogP contribution in [-0.4, -0.2) is 56.1 Å². The first-order valence-corrected chi connectivity index (χ1v) is 10.3. The summed E-state index contributed by atoms with van der Waals surface area (Å²) in [7, 11) is -1.74. The van der Waals surface area contributed by atoms with Gasteiger partial charge in [0.05, 0.1) is 19.3 Å². The highest BCUT2D eigenvalue weighted by Gasteiger charge is 2.38. The van der Waals surface area contributed by atoms with Crippen molar-refractivity contribution in [3.63, 3.8) is 0 Å². The van der Waals surface area contributed by atoms with E-state index < -0.39 is 26.0 Å². The Kier molecular flexibility index (Phi) is 5.50. The maximum atomic E-state index is 14.8. The maximum Gasteiger partial charge on any atom is 0.475 e. The van der Waals surface area contributed by atoms with Crippen molar-refractivity contribution < 1.29 is 32.4 Å². The molecule has 0 aliphatic carbocycles. The van der Waals surface area contributed by atoms with Gasteiger partial charge in [-0.3, -0.25) is 14.4 Å². The van der Waals surface area contributed by atoms with Gasteiger partial charge in [0, 0.05) is 24.4 Å². The van der Waals surface area contributed by atoms with Crippen molar-refractivity contribution in [2.75, 3.05) is 18.6 Å². The van der Waals surface area contributed by atoms with Crippen LogP contribution in [0.3, 0.4) is 0 Å². The highest BCUT2D eigenvalue weighted by Crippen LogP contribution is 2.44. The summed E-state index contributed by atoms with van der Waals surface area (Å²) in [5, 5.41) is 11.7. The molecule has 1 saturated heterocycles. The number of phosphoric acid groups is 1. The zero-order valence-electron chi connectivity index (χ0n) is 16.2. The van der Waals surface area contributed by atoms with Gasteiger partial charge in [0.25, 0.3) is 0 Å². The summed E-state index contributed by atoms with van der Waals surface area (Å²) in [6, 6.07) is 7.44. The molecule has 2 aromatic heterocycles. The minimum absolute atomic E-state index is 0.191. The fraction of sp³-hybridized carbons (Fsp3) is 0.235. The number of ether oxygens (including phenoxy) is 1. The Bertz CT molecular complexity index is 1170. The number of aryl methyl sites for hydroxylation is 1. The molecule has 14 heteroatoms. The van der Waals surface area contributed by atoms with E-state index in [1.165, 1.54) is 23.1 Å². The number of tetrazole rings is 1. The molecule has 1 amide bonds. The molecule has 0 spiro atoms. The predicted molar refractivity (Wildman–Crippen MR) is 103 cm³/mol. The molecule has 2 atom stereocenters. The zero-order chi connectivity index (χ0) is 22.2. The first-order chi connectivity index (χ1) is 14.8. The highest BCUT2D eigenvalue weighted by molar-refractivity contribution is 7.47. The number of phosphoric ester groups is 1. The second-order valence-corrected chi connectivity index (χ2v) is 7.89. The number of halogens is 1. The van der Waals surface area contributed by atoms with Crippen LogP contribution in [0.25, 0.3) is 22.6 Å². The van der Waals surface area contributed by atoms with E-state index in [1.54, 1.807) is 19.2 Å². The summed E-state index contributed by atoms with van der Waals surface area (Å²) >= 11 is 0. The lowest BCUT2D eigenvalue weighted by molar-refractivity contribution is -0.0171. The number of anilines is 1. The third-order valence-corrected chi connectivity index (χ3v) is 5.31. The summed E-state index contributed by atoms with van der Waals surface area (Å²) in [5.41, 5.74) is 1.44. The van der Waals surface area contributed by atoms with Gasteiger partial charge in [-0.2, -0.15) is 4.80 Å². The summed E-state index contributed by atoms with van der Waals surface area (Å²) in [5.74, 6) is -0.262. The van der Waals surface area contributed by atoms with Crippen LogP contribution >= 0.6 is 7.82 Å². The van der Waals surface area contributed by atoms with E-state index in [0.29, 0.717) is 17.1 Å². The van der Waals surface area contributed by atoms with Gasteiger partial charge in [-0.15, -0.1) is 10.2 Å². The van der Waals surface area contributed by atoms with Crippen LogP contribution in [0.2, 0.25) is 0 Å². The van der Waals surface area contributed by atoms with E-state index in [-0.39, 0.29) is 17.8 Å². The van der Waals surface area contributed by atoms with E-state index in [0.717, 1.165) is 18.1 Å². The molecule has 0 radical (unpaired) electrons. The first kappa shape index (κ1) is 21.0. The molecule has 162 valence electrons. The number of pyridine rings is 1. The van der Waals surface area contributed by atoms with Crippen molar-refractivity contribution in [3.05, 3.63) is 42.3 Å². The second-order valence-electron chi connectivity index (χ2n) is 6.38.